The molecule has 0 aromatic heterocycles. The second-order valence-corrected chi connectivity index (χ2v) is 1.91. The van der Waals surface area contributed by atoms with Gasteiger partial charge in [-0.3, -0.25) is 0 Å². The fourth-order valence-corrected chi connectivity index (χ4v) is 0.303. The number of hydrogen-bond donors (Lipinski definition) is 0. The SMILES string of the molecule is C=C/C=C\C(=C)P. The minimum Gasteiger partial charge on any atom is -0.106 e. The molecular weight excluding hydrogens is 103 g/mol. The largest absolute Gasteiger partial charge is 0.106 e. The molecule has 1 unspecified atom stereocenters. The standard InChI is InChI=1S/C6H9P/c1-3-4-5-6(2)7/h3-5H,1-2,7H2/b5-4-. The van der Waals surface area contributed by atoms with E-state index in [2.05, 4.69) is 22.4 Å². The highest BCUT2D eigenvalue weighted by Gasteiger charge is 1.65. The average molecular weight is 112 g/mol. The van der Waals surface area contributed by atoms with E-state index in [1.54, 1.807) is 6.08 Å². The summed E-state index contributed by atoms with van der Waals surface area (Å²) in [5.74, 6) is 0. The summed E-state index contributed by atoms with van der Waals surface area (Å²) >= 11 is 0. The summed E-state index contributed by atoms with van der Waals surface area (Å²) < 4.78 is 0. The first-order valence-electron chi connectivity index (χ1n) is 2.01. The third-order valence-electron chi connectivity index (χ3n) is 0.446. The molecule has 0 aliphatic carbocycles. The van der Waals surface area contributed by atoms with Crippen molar-refractivity contribution in [2.24, 2.45) is 0 Å². The van der Waals surface area contributed by atoms with Gasteiger partial charge in [0.2, 0.25) is 0 Å². The summed E-state index contributed by atoms with van der Waals surface area (Å²) in [6.07, 6.45) is 5.43. The summed E-state index contributed by atoms with van der Waals surface area (Å²) in [6, 6.07) is 0. The fraction of sp³-hybridized carbons (Fsp3) is 0. The van der Waals surface area contributed by atoms with Gasteiger partial charge >= 0.3 is 0 Å². The zero-order chi connectivity index (χ0) is 5.70. The van der Waals surface area contributed by atoms with Crippen molar-refractivity contribution in [1.82, 2.24) is 0 Å². The Morgan fingerprint density at radius 3 is 2.29 bits per heavy atom. The molecule has 7 heavy (non-hydrogen) atoms. The van der Waals surface area contributed by atoms with Gasteiger partial charge in [-0.15, -0.1) is 9.24 Å². The highest BCUT2D eigenvalue weighted by Crippen LogP contribution is 2.00. The average Bonchev–Trinajstić information content (AvgIpc) is 1.61. The molecule has 1 atom stereocenters. The van der Waals surface area contributed by atoms with E-state index in [0.29, 0.717) is 0 Å². The van der Waals surface area contributed by atoms with Crippen LogP contribution in [0, 0.1) is 0 Å². The van der Waals surface area contributed by atoms with Gasteiger partial charge in [-0.25, -0.2) is 0 Å². The number of rotatable bonds is 2. The molecule has 0 nitrogen and oxygen atoms in total. The van der Waals surface area contributed by atoms with Gasteiger partial charge < -0.3 is 0 Å². The zero-order valence-corrected chi connectivity index (χ0v) is 5.38. The molecule has 0 aromatic rings. The number of allylic oxidation sites excluding steroid dienone is 4. The predicted molar refractivity (Wildman–Crippen MR) is 38.2 cm³/mol. The van der Waals surface area contributed by atoms with Gasteiger partial charge in [-0.2, -0.15) is 0 Å². The van der Waals surface area contributed by atoms with Crippen molar-refractivity contribution in [3.8, 4) is 0 Å². The van der Waals surface area contributed by atoms with Crippen LogP contribution >= 0.6 is 9.24 Å². The maximum atomic E-state index is 3.62. The Morgan fingerprint density at radius 1 is 1.57 bits per heavy atom. The van der Waals surface area contributed by atoms with Crippen molar-refractivity contribution in [1.29, 1.82) is 0 Å². The summed E-state index contributed by atoms with van der Waals surface area (Å²) in [4.78, 5) is 0. The first kappa shape index (κ1) is 6.65. The lowest BCUT2D eigenvalue weighted by Crippen LogP contribution is -1.49. The van der Waals surface area contributed by atoms with Crippen LogP contribution in [0.4, 0.5) is 0 Å². The molecular formula is C6H9P. The smallest absolute Gasteiger partial charge is 0.0374 e. The molecule has 1 heteroatoms. The topological polar surface area (TPSA) is 0 Å². The minimum absolute atomic E-state index is 0.972. The molecule has 0 heterocycles. The van der Waals surface area contributed by atoms with Crippen molar-refractivity contribution in [3.63, 3.8) is 0 Å². The lowest BCUT2D eigenvalue weighted by molar-refractivity contribution is 1.94. The van der Waals surface area contributed by atoms with Crippen LogP contribution in [0.2, 0.25) is 0 Å². The lowest BCUT2D eigenvalue weighted by atomic mass is 10.5. The quantitative estimate of drug-likeness (QED) is 0.379. The van der Waals surface area contributed by atoms with E-state index in [-0.39, 0.29) is 0 Å². The molecule has 0 saturated heterocycles. The van der Waals surface area contributed by atoms with Crippen LogP contribution in [0.15, 0.2) is 36.7 Å². The Bertz CT molecular complexity index is 101. The summed E-state index contributed by atoms with van der Waals surface area (Å²) in [5.41, 5.74) is 0. The molecule has 38 valence electrons. The van der Waals surface area contributed by atoms with E-state index in [9.17, 15) is 0 Å². The Kier molecular flexibility index (Phi) is 3.64. The Hall–Kier alpha value is -0.350. The molecule has 0 aliphatic heterocycles. The third-order valence-corrected chi connectivity index (χ3v) is 0.639. The first-order chi connectivity index (χ1) is 3.27. The second kappa shape index (κ2) is 3.83. The van der Waals surface area contributed by atoms with E-state index < -0.39 is 0 Å². The molecule has 0 amide bonds. The van der Waals surface area contributed by atoms with Crippen molar-refractivity contribution >= 4 is 9.24 Å². The van der Waals surface area contributed by atoms with Crippen LogP contribution in [0.1, 0.15) is 0 Å². The van der Waals surface area contributed by atoms with E-state index >= 15 is 0 Å². The predicted octanol–water partition coefficient (Wildman–Crippen LogP) is 2.12. The van der Waals surface area contributed by atoms with Crippen LogP contribution in [-0.4, -0.2) is 0 Å². The monoisotopic (exact) mass is 112 g/mol. The zero-order valence-electron chi connectivity index (χ0n) is 4.22. The summed E-state index contributed by atoms with van der Waals surface area (Å²) in [6.45, 7) is 7.12. The molecule has 0 fully saturated rings. The van der Waals surface area contributed by atoms with E-state index in [1.807, 2.05) is 12.2 Å². The first-order valence-corrected chi connectivity index (χ1v) is 2.58. The Labute approximate surface area is 46.8 Å². The van der Waals surface area contributed by atoms with Gasteiger partial charge in [-0.05, 0) is 5.31 Å². The molecule has 0 saturated carbocycles. The van der Waals surface area contributed by atoms with Crippen LogP contribution in [0.25, 0.3) is 0 Å². The van der Waals surface area contributed by atoms with Crippen LogP contribution in [0.5, 0.6) is 0 Å². The Morgan fingerprint density at radius 2 is 2.14 bits per heavy atom. The maximum Gasteiger partial charge on any atom is -0.0374 e. The number of hydrogen-bond acceptors (Lipinski definition) is 0. The molecule has 0 aliphatic rings. The second-order valence-electron chi connectivity index (χ2n) is 1.17. The molecule has 0 spiro atoms. The van der Waals surface area contributed by atoms with Crippen LogP contribution in [-0.2, 0) is 0 Å². The third kappa shape index (κ3) is 5.65. The molecule has 0 rings (SSSR count). The van der Waals surface area contributed by atoms with Gasteiger partial charge in [0.1, 0.15) is 0 Å². The lowest BCUT2D eigenvalue weighted by Gasteiger charge is -1.77. The molecule has 0 aromatic carbocycles. The maximum absolute atomic E-state index is 3.62. The van der Waals surface area contributed by atoms with Crippen molar-refractivity contribution in [2.45, 2.75) is 0 Å². The Balaban J connectivity index is 3.46. The normalized spacial score (nSPS) is 9.29. The van der Waals surface area contributed by atoms with Gasteiger partial charge in [0.15, 0.2) is 0 Å². The van der Waals surface area contributed by atoms with Crippen molar-refractivity contribution in [2.75, 3.05) is 0 Å². The van der Waals surface area contributed by atoms with Gasteiger partial charge in [0.05, 0.1) is 0 Å². The van der Waals surface area contributed by atoms with Gasteiger partial charge in [0.25, 0.3) is 0 Å². The van der Waals surface area contributed by atoms with Gasteiger partial charge in [-0.1, -0.05) is 31.4 Å². The fourth-order valence-electron chi connectivity index (χ4n) is 0.192. The molecule has 0 N–H and O–H groups in total. The highest BCUT2D eigenvalue weighted by molar-refractivity contribution is 7.22. The van der Waals surface area contributed by atoms with Crippen LogP contribution < -0.4 is 0 Å². The molecule has 0 radical (unpaired) electrons. The van der Waals surface area contributed by atoms with E-state index in [4.69, 9.17) is 0 Å². The van der Waals surface area contributed by atoms with Gasteiger partial charge in [0, 0.05) is 0 Å². The summed E-state index contributed by atoms with van der Waals surface area (Å²) in [7, 11) is 2.48. The minimum atomic E-state index is 0.972. The van der Waals surface area contributed by atoms with Crippen molar-refractivity contribution < 1.29 is 0 Å². The highest BCUT2D eigenvalue weighted by atomic mass is 31.0. The summed E-state index contributed by atoms with van der Waals surface area (Å²) in [5, 5.41) is 0.972. The molecule has 0 bridgehead atoms. The van der Waals surface area contributed by atoms with Crippen molar-refractivity contribution in [3.05, 3.63) is 36.7 Å². The van der Waals surface area contributed by atoms with Crippen LogP contribution in [0.3, 0.4) is 0 Å². The van der Waals surface area contributed by atoms with E-state index in [1.165, 1.54) is 0 Å². The van der Waals surface area contributed by atoms with E-state index in [0.717, 1.165) is 5.31 Å².